The molecule has 0 N–H and O–H groups in total. The van der Waals surface area contributed by atoms with Crippen LogP contribution in [0.4, 0.5) is 0 Å². The Morgan fingerprint density at radius 2 is 1.79 bits per heavy atom. The molecular formula is C19H26N2O6S. The second-order valence-corrected chi connectivity index (χ2v) is 8.93. The zero-order chi connectivity index (χ0) is 20.1. The number of amides is 1. The predicted molar refractivity (Wildman–Crippen MR) is 101 cm³/mol. The van der Waals surface area contributed by atoms with Gasteiger partial charge in [0.2, 0.25) is 10.0 Å². The topological polar surface area (TPSA) is 93.2 Å². The van der Waals surface area contributed by atoms with Gasteiger partial charge >= 0.3 is 5.97 Å². The molecule has 0 aromatic heterocycles. The minimum atomic E-state index is -3.81. The highest BCUT2D eigenvalue weighted by Gasteiger charge is 2.38. The molecule has 9 heteroatoms. The monoisotopic (exact) mass is 410 g/mol. The van der Waals surface area contributed by atoms with E-state index in [1.54, 1.807) is 29.2 Å². The fraction of sp³-hybridized carbons (Fsp3) is 0.579. The quantitative estimate of drug-likeness (QED) is 0.671. The van der Waals surface area contributed by atoms with E-state index in [-0.39, 0.29) is 24.0 Å². The Balaban J connectivity index is 1.67. The van der Waals surface area contributed by atoms with Gasteiger partial charge in [-0.25, -0.2) is 8.42 Å². The number of ether oxygens (including phenoxy) is 2. The molecule has 0 saturated carbocycles. The molecule has 28 heavy (non-hydrogen) atoms. The number of rotatable bonds is 5. The molecule has 8 nitrogen and oxygen atoms in total. The lowest BCUT2D eigenvalue weighted by Crippen LogP contribution is -2.49. The van der Waals surface area contributed by atoms with Crippen LogP contribution in [0.15, 0.2) is 29.2 Å². The van der Waals surface area contributed by atoms with Gasteiger partial charge in [-0.2, -0.15) is 4.31 Å². The van der Waals surface area contributed by atoms with Gasteiger partial charge in [-0.05, 0) is 38.3 Å². The Labute approximate surface area is 165 Å². The molecule has 3 rings (SSSR count). The van der Waals surface area contributed by atoms with Crippen molar-refractivity contribution < 1.29 is 27.5 Å². The van der Waals surface area contributed by atoms with Crippen LogP contribution < -0.4 is 0 Å². The summed E-state index contributed by atoms with van der Waals surface area (Å²) in [6.07, 6.45) is 1.80. The molecule has 154 valence electrons. The highest BCUT2D eigenvalue weighted by Crippen LogP contribution is 2.26. The first-order chi connectivity index (χ1) is 13.4. The summed E-state index contributed by atoms with van der Waals surface area (Å²) < 4.78 is 37.7. The first-order valence-corrected chi connectivity index (χ1v) is 10.9. The number of hydrogen-bond acceptors (Lipinski definition) is 6. The van der Waals surface area contributed by atoms with E-state index in [0.29, 0.717) is 39.1 Å². The van der Waals surface area contributed by atoms with E-state index in [4.69, 9.17) is 9.47 Å². The Morgan fingerprint density at radius 1 is 1.11 bits per heavy atom. The molecule has 2 heterocycles. The zero-order valence-electron chi connectivity index (χ0n) is 16.0. The summed E-state index contributed by atoms with van der Waals surface area (Å²) in [7, 11) is -3.81. The molecule has 0 aliphatic carbocycles. The van der Waals surface area contributed by atoms with Crippen LogP contribution in [0.5, 0.6) is 0 Å². The van der Waals surface area contributed by atoms with Gasteiger partial charge in [0, 0.05) is 19.6 Å². The summed E-state index contributed by atoms with van der Waals surface area (Å²) in [4.78, 5) is 26.5. The van der Waals surface area contributed by atoms with E-state index in [1.165, 1.54) is 4.31 Å². The molecule has 1 aromatic carbocycles. The summed E-state index contributed by atoms with van der Waals surface area (Å²) in [5, 5.41) is 0. The maximum Gasteiger partial charge on any atom is 0.324 e. The highest BCUT2D eigenvalue weighted by atomic mass is 32.2. The van der Waals surface area contributed by atoms with Gasteiger partial charge in [0.25, 0.3) is 5.91 Å². The van der Waals surface area contributed by atoms with Gasteiger partial charge in [-0.1, -0.05) is 17.7 Å². The third-order valence-electron chi connectivity index (χ3n) is 5.06. The van der Waals surface area contributed by atoms with Crippen molar-refractivity contribution in [3.8, 4) is 0 Å². The number of carbonyl (C=O) groups excluding carboxylic acids is 2. The summed E-state index contributed by atoms with van der Waals surface area (Å²) in [6, 6.07) is 5.64. The molecular weight excluding hydrogens is 384 g/mol. The average Bonchev–Trinajstić information content (AvgIpc) is 2.72. The van der Waals surface area contributed by atoms with E-state index in [9.17, 15) is 18.0 Å². The molecule has 2 aliphatic rings. The summed E-state index contributed by atoms with van der Waals surface area (Å²) in [5.74, 6) is -0.961. The van der Waals surface area contributed by atoms with Gasteiger partial charge < -0.3 is 14.4 Å². The van der Waals surface area contributed by atoms with Gasteiger partial charge in [0.05, 0.1) is 18.1 Å². The highest BCUT2D eigenvalue weighted by molar-refractivity contribution is 7.89. The zero-order valence-corrected chi connectivity index (χ0v) is 16.8. The number of piperidine rings is 1. The number of benzene rings is 1. The number of carbonyl (C=O) groups is 2. The molecule has 2 aliphatic heterocycles. The summed E-state index contributed by atoms with van der Waals surface area (Å²) >= 11 is 0. The standard InChI is InChI=1S/C19H26N2O6S/c1-15-5-7-16(8-6-15)28(24,25)21-9-3-2-4-17(21)19(23)27-14-18(22)20-10-12-26-13-11-20/h5-8,17H,2-4,9-14H2,1H3/t17-/m1/s1. The van der Waals surface area contributed by atoms with Crippen LogP contribution in [0, 0.1) is 6.92 Å². The fourth-order valence-corrected chi connectivity index (χ4v) is 5.05. The largest absolute Gasteiger partial charge is 0.454 e. The Bertz CT molecular complexity index is 802. The van der Waals surface area contributed by atoms with Crippen molar-refractivity contribution in [3.05, 3.63) is 29.8 Å². The van der Waals surface area contributed by atoms with Crippen LogP contribution in [0.2, 0.25) is 0 Å². The van der Waals surface area contributed by atoms with E-state index in [2.05, 4.69) is 0 Å². The first-order valence-electron chi connectivity index (χ1n) is 9.50. The first kappa shape index (κ1) is 20.8. The second-order valence-electron chi connectivity index (χ2n) is 7.04. The smallest absolute Gasteiger partial charge is 0.324 e. The Hall–Kier alpha value is -1.97. The van der Waals surface area contributed by atoms with Crippen molar-refractivity contribution in [1.82, 2.24) is 9.21 Å². The number of aryl methyl sites for hydroxylation is 1. The van der Waals surface area contributed by atoms with Crippen LogP contribution in [0.1, 0.15) is 24.8 Å². The lowest BCUT2D eigenvalue weighted by atomic mass is 10.1. The molecule has 1 amide bonds. The number of esters is 1. The molecule has 2 fully saturated rings. The summed E-state index contributed by atoms with van der Waals surface area (Å²) in [5.41, 5.74) is 0.954. The van der Waals surface area contributed by atoms with E-state index in [0.717, 1.165) is 12.0 Å². The molecule has 1 aromatic rings. The normalized spacial score (nSPS) is 21.3. The van der Waals surface area contributed by atoms with Crippen molar-refractivity contribution in [2.75, 3.05) is 39.5 Å². The molecule has 1 atom stereocenters. The Morgan fingerprint density at radius 3 is 2.46 bits per heavy atom. The Kier molecular flexibility index (Phi) is 6.69. The van der Waals surface area contributed by atoms with Gasteiger partial charge in [0.15, 0.2) is 6.61 Å². The lowest BCUT2D eigenvalue weighted by molar-refractivity contribution is -0.157. The third kappa shape index (κ3) is 4.71. The van der Waals surface area contributed by atoms with Gasteiger partial charge in [-0.3, -0.25) is 9.59 Å². The van der Waals surface area contributed by atoms with Crippen molar-refractivity contribution >= 4 is 21.9 Å². The number of sulfonamides is 1. The third-order valence-corrected chi connectivity index (χ3v) is 6.98. The lowest BCUT2D eigenvalue weighted by Gasteiger charge is -2.33. The molecule has 0 bridgehead atoms. The maximum atomic E-state index is 13.0. The number of morpholine rings is 1. The number of hydrogen-bond donors (Lipinski definition) is 0. The van der Waals surface area contributed by atoms with Crippen LogP contribution in [-0.4, -0.2) is 75.0 Å². The van der Waals surface area contributed by atoms with E-state index < -0.39 is 22.0 Å². The van der Waals surface area contributed by atoms with Crippen LogP contribution >= 0.6 is 0 Å². The van der Waals surface area contributed by atoms with Crippen LogP contribution in [0.25, 0.3) is 0 Å². The molecule has 2 saturated heterocycles. The van der Waals surface area contributed by atoms with E-state index >= 15 is 0 Å². The van der Waals surface area contributed by atoms with Crippen molar-refractivity contribution in [2.45, 2.75) is 37.1 Å². The second kappa shape index (κ2) is 9.02. The average molecular weight is 410 g/mol. The summed E-state index contributed by atoms with van der Waals surface area (Å²) in [6.45, 7) is 3.61. The van der Waals surface area contributed by atoms with E-state index in [1.807, 2.05) is 6.92 Å². The molecule has 0 spiro atoms. The van der Waals surface area contributed by atoms with Gasteiger partial charge in [0.1, 0.15) is 6.04 Å². The predicted octanol–water partition coefficient (Wildman–Crippen LogP) is 0.940. The number of nitrogens with zero attached hydrogens (tertiary/aromatic N) is 2. The van der Waals surface area contributed by atoms with Crippen molar-refractivity contribution in [3.63, 3.8) is 0 Å². The van der Waals surface area contributed by atoms with Crippen LogP contribution in [0.3, 0.4) is 0 Å². The van der Waals surface area contributed by atoms with Gasteiger partial charge in [-0.15, -0.1) is 0 Å². The SMILES string of the molecule is Cc1ccc(S(=O)(=O)N2CCCC[C@@H]2C(=O)OCC(=O)N2CCOCC2)cc1. The minimum Gasteiger partial charge on any atom is -0.454 e. The fourth-order valence-electron chi connectivity index (χ4n) is 3.41. The maximum absolute atomic E-state index is 13.0. The minimum absolute atomic E-state index is 0.155. The van der Waals surface area contributed by atoms with Crippen molar-refractivity contribution in [2.24, 2.45) is 0 Å². The van der Waals surface area contributed by atoms with Crippen LogP contribution in [-0.2, 0) is 29.1 Å². The van der Waals surface area contributed by atoms with Crippen molar-refractivity contribution in [1.29, 1.82) is 0 Å². The molecule has 0 radical (unpaired) electrons. The molecule has 0 unspecified atom stereocenters.